The summed E-state index contributed by atoms with van der Waals surface area (Å²) in [5, 5.41) is 0. The third-order valence-corrected chi connectivity index (χ3v) is 4.18. The Kier molecular flexibility index (Phi) is 8.45. The molecule has 0 radical (unpaired) electrons. The van der Waals surface area contributed by atoms with Gasteiger partial charge in [0.15, 0.2) is 0 Å². The van der Waals surface area contributed by atoms with Gasteiger partial charge in [0, 0.05) is 17.1 Å². The monoisotopic (exact) mass is 438 g/mol. The van der Waals surface area contributed by atoms with E-state index in [1.807, 2.05) is 30.3 Å². The molecule has 13 heavy (non-hydrogen) atoms. The molecule has 0 bridgehead atoms. The zero-order valence-electron chi connectivity index (χ0n) is 6.73. The van der Waals surface area contributed by atoms with Crippen molar-refractivity contribution in [3.8, 4) is 0 Å². The Hall–Kier alpha value is 0.679. The van der Waals surface area contributed by atoms with Crippen molar-refractivity contribution in [1.29, 1.82) is 0 Å². The third kappa shape index (κ3) is 5.88. The first-order chi connectivity index (χ1) is 5.80. The van der Waals surface area contributed by atoms with Crippen LogP contribution in [-0.2, 0) is 17.1 Å². The first-order valence-corrected chi connectivity index (χ1v) is 5.70. The molecule has 0 fully saturated rings. The van der Waals surface area contributed by atoms with E-state index < -0.39 is 0 Å². The summed E-state index contributed by atoms with van der Waals surface area (Å²) in [4.78, 5) is 0. The van der Waals surface area contributed by atoms with Crippen molar-refractivity contribution in [1.82, 2.24) is 0 Å². The topological polar surface area (TPSA) is 0 Å². The van der Waals surface area contributed by atoms with Gasteiger partial charge in [0.1, 0.15) is 0 Å². The van der Waals surface area contributed by atoms with Gasteiger partial charge < -0.3 is 30.3 Å². The third-order valence-electron chi connectivity index (χ3n) is 1.27. The second kappa shape index (κ2) is 8.03. The van der Waals surface area contributed by atoms with Crippen LogP contribution in [0.25, 0.3) is 0 Å². The summed E-state index contributed by atoms with van der Waals surface area (Å²) in [7, 11) is 0. The minimum Gasteiger partial charge on any atom is -0.748 e. The molecule has 2 aromatic carbocycles. The summed E-state index contributed by atoms with van der Waals surface area (Å²) >= 11 is 4.62. The molecule has 0 saturated carbocycles. The van der Waals surface area contributed by atoms with Crippen molar-refractivity contribution in [2.24, 2.45) is 0 Å². The Morgan fingerprint density at radius 3 is 1.69 bits per heavy atom. The Morgan fingerprint density at radius 2 is 1.54 bits per heavy atom. The van der Waals surface area contributed by atoms with E-state index in [9.17, 15) is 0 Å². The molecule has 0 heterocycles. The van der Waals surface area contributed by atoms with E-state index in [4.69, 9.17) is 0 Å². The maximum atomic E-state index is 2.31. The first-order valence-electron chi connectivity index (χ1n) is 3.54. The molecular weight excluding hydrogens is 430 g/mol. The average molecular weight is 438 g/mol. The smallest absolute Gasteiger partial charge is 0 e. The molecule has 3 heteroatoms. The van der Waals surface area contributed by atoms with Crippen molar-refractivity contribution in [2.75, 3.05) is 0 Å². The molecule has 0 amide bonds. The number of hydrogen-bond acceptors (Lipinski definition) is 0. The average Bonchev–Trinajstić information content (AvgIpc) is 2.67. The van der Waals surface area contributed by atoms with Crippen LogP contribution in [0.4, 0.5) is 0 Å². The van der Waals surface area contributed by atoms with E-state index in [1.54, 1.807) is 0 Å². The molecule has 0 aliphatic carbocycles. The molecule has 0 aliphatic rings. The minimum atomic E-state index is 0. The molecule has 2 aromatic rings. The van der Waals surface area contributed by atoms with E-state index in [-0.39, 0.29) is 17.1 Å². The number of rotatable bonds is 0. The zero-order chi connectivity index (χ0) is 8.81. The Morgan fingerprint density at radius 1 is 1.08 bits per heavy atom. The number of hydrogen-bond donors (Lipinski definition) is 0. The summed E-state index contributed by atoms with van der Waals surface area (Å²) in [5.41, 5.74) is 0. The van der Waals surface area contributed by atoms with E-state index >= 15 is 0 Å². The molecule has 0 aliphatic heterocycles. The fourth-order valence-corrected chi connectivity index (χ4v) is 1.47. The Balaban J connectivity index is 0.000000215. The predicted molar refractivity (Wildman–Crippen MR) is 69.5 cm³/mol. The Bertz CT molecular complexity index is 265. The zero-order valence-corrected chi connectivity index (χ0v) is 12.1. The van der Waals surface area contributed by atoms with E-state index in [0.717, 1.165) is 0 Å². The van der Waals surface area contributed by atoms with Crippen molar-refractivity contribution >= 4 is 45.2 Å². The van der Waals surface area contributed by atoms with Gasteiger partial charge in [-0.15, -0.1) is 22.6 Å². The molecule has 0 spiro atoms. The van der Waals surface area contributed by atoms with Crippen molar-refractivity contribution < 1.29 is 17.1 Å². The van der Waals surface area contributed by atoms with Gasteiger partial charge in [0.05, 0.1) is 0 Å². The number of halogens is 2. The van der Waals surface area contributed by atoms with Crippen LogP contribution in [0.15, 0.2) is 48.5 Å². The molecular formula is C10H8FeI2-6. The van der Waals surface area contributed by atoms with Gasteiger partial charge >= 0.3 is 0 Å². The van der Waals surface area contributed by atoms with E-state index in [0.29, 0.717) is 0 Å². The predicted octanol–water partition coefficient (Wildman–Crippen LogP) is 4.02. The summed E-state index contributed by atoms with van der Waals surface area (Å²) in [6, 6.07) is 16.3. The molecule has 0 nitrogen and oxygen atoms in total. The molecule has 0 saturated heterocycles. The van der Waals surface area contributed by atoms with Gasteiger partial charge in [0.25, 0.3) is 0 Å². The van der Waals surface area contributed by atoms with Crippen LogP contribution < -0.4 is 0 Å². The molecule has 0 N–H and O–H groups in total. The van der Waals surface area contributed by atoms with Gasteiger partial charge in [-0.25, -0.2) is 6.07 Å². The van der Waals surface area contributed by atoms with Crippen LogP contribution in [0.2, 0.25) is 0 Å². The van der Waals surface area contributed by atoms with Crippen molar-refractivity contribution in [3.63, 3.8) is 0 Å². The second-order valence-corrected chi connectivity index (χ2v) is 4.51. The fraction of sp³-hybridized carbons (Fsp3) is 0. The molecule has 76 valence electrons. The van der Waals surface area contributed by atoms with Crippen LogP contribution in [0.5, 0.6) is 0 Å². The second-order valence-electron chi connectivity index (χ2n) is 2.18. The summed E-state index contributed by atoms with van der Waals surface area (Å²) in [5.74, 6) is 0. The maximum absolute atomic E-state index is 2.31. The molecule has 0 atom stereocenters. The van der Waals surface area contributed by atoms with Gasteiger partial charge in [-0.2, -0.15) is 12.1 Å². The Labute approximate surface area is 117 Å². The largest absolute Gasteiger partial charge is 0.748 e. The van der Waals surface area contributed by atoms with Crippen LogP contribution in [0.1, 0.15) is 0 Å². The van der Waals surface area contributed by atoms with Crippen LogP contribution in [0.3, 0.4) is 0 Å². The standard InChI is InChI=1S/C5H3I2.C5H5.Fe/c6-4-2-1-3-5(4)7;1-2-4-5-3-1;/h1-3H;1-5H;/q-1;-5;. The summed E-state index contributed by atoms with van der Waals surface area (Å²) in [6.45, 7) is 0. The molecule has 0 unspecified atom stereocenters. The van der Waals surface area contributed by atoms with Crippen molar-refractivity contribution in [2.45, 2.75) is 0 Å². The van der Waals surface area contributed by atoms with Gasteiger partial charge in [-0.05, 0) is 0 Å². The van der Waals surface area contributed by atoms with E-state index in [1.165, 1.54) is 7.14 Å². The quantitative estimate of drug-likeness (QED) is 0.332. The van der Waals surface area contributed by atoms with Crippen LogP contribution in [-0.4, -0.2) is 0 Å². The summed E-state index contributed by atoms with van der Waals surface area (Å²) in [6.07, 6.45) is 0. The summed E-state index contributed by atoms with van der Waals surface area (Å²) < 4.78 is 2.69. The van der Waals surface area contributed by atoms with Gasteiger partial charge in [-0.1, -0.05) is 29.7 Å². The first kappa shape index (κ1) is 13.7. The van der Waals surface area contributed by atoms with Crippen LogP contribution >= 0.6 is 45.2 Å². The van der Waals surface area contributed by atoms with Gasteiger partial charge in [0.2, 0.25) is 0 Å². The van der Waals surface area contributed by atoms with Crippen LogP contribution in [0, 0.1) is 7.14 Å². The molecule has 0 aromatic heterocycles. The van der Waals surface area contributed by atoms with E-state index in [2.05, 4.69) is 63.4 Å². The normalized spacial score (nSPS) is 8.15. The maximum Gasteiger partial charge on any atom is 0 e. The van der Waals surface area contributed by atoms with Crippen molar-refractivity contribution in [3.05, 3.63) is 55.7 Å². The fourth-order valence-electron chi connectivity index (χ4n) is 0.697. The molecule has 2 rings (SSSR count). The van der Waals surface area contributed by atoms with Gasteiger partial charge in [-0.3, -0.25) is 0 Å². The minimum absolute atomic E-state index is 0. The SMILES string of the molecule is Ic1ccc[c-]1I.[Fe].[cH-]1[cH-][cH-][cH-][cH-]1.